The van der Waals surface area contributed by atoms with Crippen molar-refractivity contribution in [1.29, 1.82) is 0 Å². The first-order valence-electron chi connectivity index (χ1n) is 4.73. The lowest BCUT2D eigenvalue weighted by Crippen LogP contribution is -2.25. The standard InChI is InChI=1S/C10H14N4OS/c1-3-4-12-9(15)6-16-10-13-7(2)5-8(11)14-10/h3,5H,1,4,6H2,2H3,(H,12,15)(H2,11,13,14). The lowest BCUT2D eigenvalue weighted by Gasteiger charge is -2.03. The van der Waals surface area contributed by atoms with E-state index in [2.05, 4.69) is 21.9 Å². The van der Waals surface area contributed by atoms with Gasteiger partial charge in [0.25, 0.3) is 0 Å². The number of nitrogens with zero attached hydrogens (tertiary/aromatic N) is 2. The number of amides is 1. The zero-order valence-electron chi connectivity index (χ0n) is 9.06. The highest BCUT2D eigenvalue weighted by Crippen LogP contribution is 2.14. The van der Waals surface area contributed by atoms with Crippen LogP contribution < -0.4 is 11.1 Å². The van der Waals surface area contributed by atoms with Crippen molar-refractivity contribution in [3.05, 3.63) is 24.4 Å². The second-order valence-electron chi connectivity index (χ2n) is 3.10. The van der Waals surface area contributed by atoms with Crippen molar-refractivity contribution in [2.24, 2.45) is 0 Å². The van der Waals surface area contributed by atoms with Crippen molar-refractivity contribution < 1.29 is 4.79 Å². The Bertz CT molecular complexity index is 374. The number of nitrogen functional groups attached to an aromatic ring is 1. The molecule has 1 aromatic heterocycles. The molecule has 1 rings (SSSR count). The molecule has 0 saturated carbocycles. The number of thioether (sulfide) groups is 1. The van der Waals surface area contributed by atoms with Gasteiger partial charge >= 0.3 is 0 Å². The van der Waals surface area contributed by atoms with Crippen molar-refractivity contribution in [1.82, 2.24) is 15.3 Å². The zero-order valence-corrected chi connectivity index (χ0v) is 9.88. The highest BCUT2D eigenvalue weighted by molar-refractivity contribution is 7.99. The Hall–Kier alpha value is -1.56. The third kappa shape index (κ3) is 4.31. The topological polar surface area (TPSA) is 80.9 Å². The van der Waals surface area contributed by atoms with Gasteiger partial charge in [-0.3, -0.25) is 4.79 Å². The van der Waals surface area contributed by atoms with Crippen LogP contribution in [0.3, 0.4) is 0 Å². The summed E-state index contributed by atoms with van der Waals surface area (Å²) >= 11 is 1.26. The van der Waals surface area contributed by atoms with Crippen LogP contribution in [-0.4, -0.2) is 28.2 Å². The number of nitrogens with two attached hydrogens (primary N) is 1. The Labute approximate surface area is 98.5 Å². The summed E-state index contributed by atoms with van der Waals surface area (Å²) in [7, 11) is 0. The number of hydrogen-bond acceptors (Lipinski definition) is 5. The average Bonchev–Trinajstić information content (AvgIpc) is 2.22. The van der Waals surface area contributed by atoms with E-state index in [4.69, 9.17) is 5.73 Å². The predicted molar refractivity (Wildman–Crippen MR) is 65.1 cm³/mol. The molecule has 0 radical (unpaired) electrons. The molecule has 5 nitrogen and oxygen atoms in total. The van der Waals surface area contributed by atoms with Crippen LogP contribution in [0.4, 0.5) is 5.82 Å². The molecule has 0 aliphatic carbocycles. The lowest BCUT2D eigenvalue weighted by atomic mass is 10.4. The summed E-state index contributed by atoms with van der Waals surface area (Å²) in [5.41, 5.74) is 6.36. The number of anilines is 1. The van der Waals surface area contributed by atoms with Crippen molar-refractivity contribution in [2.75, 3.05) is 18.0 Å². The quantitative estimate of drug-likeness (QED) is 0.450. The molecule has 86 valence electrons. The van der Waals surface area contributed by atoms with E-state index < -0.39 is 0 Å². The maximum atomic E-state index is 11.3. The number of hydrogen-bond donors (Lipinski definition) is 2. The van der Waals surface area contributed by atoms with Crippen LogP contribution in [0.5, 0.6) is 0 Å². The fourth-order valence-corrected chi connectivity index (χ4v) is 1.74. The van der Waals surface area contributed by atoms with E-state index in [1.54, 1.807) is 12.1 Å². The Morgan fingerprint density at radius 2 is 2.44 bits per heavy atom. The van der Waals surface area contributed by atoms with Gasteiger partial charge in [0.1, 0.15) is 5.82 Å². The number of carbonyl (C=O) groups excluding carboxylic acids is 1. The van der Waals surface area contributed by atoms with E-state index in [-0.39, 0.29) is 11.7 Å². The molecule has 1 heterocycles. The molecule has 0 atom stereocenters. The molecule has 1 amide bonds. The summed E-state index contributed by atoms with van der Waals surface area (Å²) in [6, 6.07) is 1.68. The highest BCUT2D eigenvalue weighted by atomic mass is 32.2. The molecule has 0 bridgehead atoms. The Balaban J connectivity index is 2.47. The molecule has 0 aromatic carbocycles. The van der Waals surface area contributed by atoms with Crippen LogP contribution in [0.15, 0.2) is 23.9 Å². The van der Waals surface area contributed by atoms with Crippen molar-refractivity contribution in [2.45, 2.75) is 12.1 Å². The maximum absolute atomic E-state index is 11.3. The minimum absolute atomic E-state index is 0.0754. The molecule has 0 aliphatic heterocycles. The molecule has 16 heavy (non-hydrogen) atoms. The first-order valence-corrected chi connectivity index (χ1v) is 5.72. The van der Waals surface area contributed by atoms with Gasteiger partial charge in [-0.15, -0.1) is 6.58 Å². The van der Waals surface area contributed by atoms with Crippen molar-refractivity contribution in [3.8, 4) is 0 Å². The smallest absolute Gasteiger partial charge is 0.230 e. The third-order valence-corrected chi connectivity index (χ3v) is 2.48. The molecule has 0 spiro atoms. The van der Waals surface area contributed by atoms with E-state index in [1.807, 2.05) is 6.92 Å². The summed E-state index contributed by atoms with van der Waals surface area (Å²) in [4.78, 5) is 19.5. The van der Waals surface area contributed by atoms with Gasteiger partial charge in [-0.05, 0) is 6.92 Å². The summed E-state index contributed by atoms with van der Waals surface area (Å²) in [6.07, 6.45) is 1.63. The average molecular weight is 238 g/mol. The van der Waals surface area contributed by atoms with Gasteiger partial charge in [-0.25, -0.2) is 9.97 Å². The molecular weight excluding hydrogens is 224 g/mol. The van der Waals surface area contributed by atoms with Gasteiger partial charge in [0.05, 0.1) is 5.75 Å². The van der Waals surface area contributed by atoms with E-state index in [0.29, 0.717) is 17.5 Å². The molecule has 0 unspecified atom stereocenters. The molecule has 0 aliphatic rings. The van der Waals surface area contributed by atoms with Crippen LogP contribution in [0.1, 0.15) is 5.69 Å². The van der Waals surface area contributed by atoms with Crippen molar-refractivity contribution >= 4 is 23.5 Å². The number of nitrogens with one attached hydrogen (secondary N) is 1. The minimum Gasteiger partial charge on any atom is -0.384 e. The second-order valence-corrected chi connectivity index (χ2v) is 4.04. The Kier molecular flexibility index (Phi) is 4.78. The number of rotatable bonds is 5. The molecule has 0 fully saturated rings. The summed E-state index contributed by atoms with van der Waals surface area (Å²) in [5, 5.41) is 3.19. The van der Waals surface area contributed by atoms with Crippen LogP contribution >= 0.6 is 11.8 Å². The van der Waals surface area contributed by atoms with Gasteiger partial charge in [-0.2, -0.15) is 0 Å². The largest absolute Gasteiger partial charge is 0.384 e. The monoisotopic (exact) mass is 238 g/mol. The molecule has 0 saturated heterocycles. The Morgan fingerprint density at radius 1 is 1.69 bits per heavy atom. The molecule has 6 heteroatoms. The van der Waals surface area contributed by atoms with E-state index in [0.717, 1.165) is 5.69 Å². The van der Waals surface area contributed by atoms with Crippen LogP contribution in [0, 0.1) is 6.92 Å². The van der Waals surface area contributed by atoms with Gasteiger partial charge in [0.2, 0.25) is 5.91 Å². The van der Waals surface area contributed by atoms with Crippen LogP contribution in [0.25, 0.3) is 0 Å². The summed E-state index contributed by atoms with van der Waals surface area (Å²) in [5.74, 6) is 0.617. The second kappa shape index (κ2) is 6.12. The number of aryl methyl sites for hydroxylation is 1. The summed E-state index contributed by atoms with van der Waals surface area (Å²) in [6.45, 7) is 5.81. The molecule has 3 N–H and O–H groups in total. The fourth-order valence-electron chi connectivity index (χ4n) is 0.997. The van der Waals surface area contributed by atoms with E-state index in [9.17, 15) is 4.79 Å². The van der Waals surface area contributed by atoms with Crippen LogP contribution in [0.2, 0.25) is 0 Å². The van der Waals surface area contributed by atoms with Crippen LogP contribution in [-0.2, 0) is 4.79 Å². The van der Waals surface area contributed by atoms with Crippen molar-refractivity contribution in [3.63, 3.8) is 0 Å². The number of carbonyl (C=O) groups is 1. The highest BCUT2D eigenvalue weighted by Gasteiger charge is 2.05. The van der Waals surface area contributed by atoms with Gasteiger partial charge in [0.15, 0.2) is 5.16 Å². The van der Waals surface area contributed by atoms with E-state index in [1.165, 1.54) is 11.8 Å². The first kappa shape index (κ1) is 12.5. The van der Waals surface area contributed by atoms with E-state index >= 15 is 0 Å². The number of aromatic nitrogens is 2. The minimum atomic E-state index is -0.0754. The fraction of sp³-hybridized carbons (Fsp3) is 0.300. The third-order valence-electron chi connectivity index (χ3n) is 1.63. The lowest BCUT2D eigenvalue weighted by molar-refractivity contribution is -0.118. The zero-order chi connectivity index (χ0) is 12.0. The molecule has 1 aromatic rings. The SMILES string of the molecule is C=CCNC(=O)CSc1nc(C)cc(N)n1. The first-order chi connectivity index (χ1) is 7.61. The maximum Gasteiger partial charge on any atom is 0.230 e. The van der Waals surface area contributed by atoms with Gasteiger partial charge in [0, 0.05) is 18.3 Å². The summed E-state index contributed by atoms with van der Waals surface area (Å²) < 4.78 is 0. The molecular formula is C10H14N4OS. The predicted octanol–water partition coefficient (Wildman–Crippen LogP) is 0.762. The van der Waals surface area contributed by atoms with Gasteiger partial charge in [-0.1, -0.05) is 17.8 Å². The Morgan fingerprint density at radius 3 is 3.06 bits per heavy atom. The normalized spacial score (nSPS) is 9.81. The van der Waals surface area contributed by atoms with Gasteiger partial charge < -0.3 is 11.1 Å².